The van der Waals surface area contributed by atoms with E-state index in [1.54, 1.807) is 14.2 Å². The van der Waals surface area contributed by atoms with Crippen LogP contribution in [-0.2, 0) is 9.47 Å². The van der Waals surface area contributed by atoms with Gasteiger partial charge in [0.1, 0.15) is 5.60 Å². The highest BCUT2D eigenvalue weighted by Crippen LogP contribution is 2.34. The second-order valence-corrected chi connectivity index (χ2v) is 4.72. The molecular weight excluding hydrogens is 192 g/mol. The van der Waals surface area contributed by atoms with Gasteiger partial charge in [-0.3, -0.25) is 0 Å². The molecule has 0 saturated heterocycles. The number of ether oxygens (including phenoxy) is 2. The van der Waals surface area contributed by atoms with Gasteiger partial charge in [0.15, 0.2) is 6.29 Å². The van der Waals surface area contributed by atoms with Gasteiger partial charge in [0.2, 0.25) is 0 Å². The summed E-state index contributed by atoms with van der Waals surface area (Å²) in [5.41, 5.74) is -0.867. The molecule has 0 spiro atoms. The molecule has 1 fully saturated rings. The number of hydrogen-bond donors (Lipinski definition) is 1. The SMILES string of the molecule is COC(OC)C(C)(O)C1CCCCCC1. The molecule has 0 amide bonds. The predicted octanol–water partition coefficient (Wildman–Crippen LogP) is 2.33. The zero-order valence-corrected chi connectivity index (χ0v) is 10.2. The maximum Gasteiger partial charge on any atom is 0.185 e. The molecule has 3 nitrogen and oxygen atoms in total. The molecule has 0 heterocycles. The zero-order valence-electron chi connectivity index (χ0n) is 10.2. The summed E-state index contributed by atoms with van der Waals surface area (Å²) in [6.07, 6.45) is 6.64. The van der Waals surface area contributed by atoms with Crippen LogP contribution in [0, 0.1) is 5.92 Å². The highest BCUT2D eigenvalue weighted by Gasteiger charge is 2.40. The van der Waals surface area contributed by atoms with Crippen molar-refractivity contribution >= 4 is 0 Å². The van der Waals surface area contributed by atoms with E-state index in [9.17, 15) is 5.11 Å². The number of methoxy groups -OCH3 is 2. The average molecular weight is 216 g/mol. The standard InChI is InChI=1S/C12H24O3/c1-12(13,11(14-2)15-3)10-8-6-4-5-7-9-10/h10-11,13H,4-9H2,1-3H3. The van der Waals surface area contributed by atoms with E-state index in [1.807, 2.05) is 6.92 Å². The Morgan fingerprint density at radius 2 is 1.53 bits per heavy atom. The first kappa shape index (κ1) is 12.9. The van der Waals surface area contributed by atoms with E-state index in [1.165, 1.54) is 25.7 Å². The van der Waals surface area contributed by atoms with Crippen molar-refractivity contribution in [2.75, 3.05) is 14.2 Å². The molecule has 1 saturated carbocycles. The first-order valence-corrected chi connectivity index (χ1v) is 5.91. The molecule has 1 unspecified atom stereocenters. The van der Waals surface area contributed by atoms with Crippen molar-refractivity contribution in [1.82, 2.24) is 0 Å². The van der Waals surface area contributed by atoms with Gasteiger partial charge < -0.3 is 14.6 Å². The number of hydrogen-bond acceptors (Lipinski definition) is 3. The molecule has 0 aromatic heterocycles. The smallest absolute Gasteiger partial charge is 0.185 e. The summed E-state index contributed by atoms with van der Waals surface area (Å²) in [4.78, 5) is 0. The van der Waals surface area contributed by atoms with Crippen molar-refractivity contribution in [3.63, 3.8) is 0 Å². The minimum Gasteiger partial charge on any atom is -0.385 e. The Hall–Kier alpha value is -0.120. The molecule has 15 heavy (non-hydrogen) atoms. The van der Waals surface area contributed by atoms with E-state index in [0.29, 0.717) is 5.92 Å². The Balaban J connectivity index is 2.64. The van der Waals surface area contributed by atoms with Crippen molar-refractivity contribution in [1.29, 1.82) is 0 Å². The second-order valence-electron chi connectivity index (χ2n) is 4.72. The summed E-state index contributed by atoms with van der Waals surface area (Å²) in [6, 6.07) is 0. The highest BCUT2D eigenvalue weighted by molar-refractivity contribution is 4.86. The fourth-order valence-electron chi connectivity index (χ4n) is 2.63. The minimum atomic E-state index is -0.867. The molecule has 1 N–H and O–H groups in total. The molecular formula is C12H24O3. The Bertz CT molecular complexity index is 168. The summed E-state index contributed by atoms with van der Waals surface area (Å²) >= 11 is 0. The van der Waals surface area contributed by atoms with E-state index in [0.717, 1.165) is 12.8 Å². The van der Waals surface area contributed by atoms with Gasteiger partial charge >= 0.3 is 0 Å². The van der Waals surface area contributed by atoms with E-state index < -0.39 is 11.9 Å². The van der Waals surface area contributed by atoms with E-state index >= 15 is 0 Å². The summed E-state index contributed by atoms with van der Waals surface area (Å²) in [5, 5.41) is 10.5. The third kappa shape index (κ3) is 3.16. The van der Waals surface area contributed by atoms with Crippen LogP contribution in [0.25, 0.3) is 0 Å². The van der Waals surface area contributed by atoms with Gasteiger partial charge in [0, 0.05) is 14.2 Å². The molecule has 1 aliphatic rings. The molecule has 0 aromatic rings. The Kier molecular flexibility index (Phi) is 5.03. The molecule has 1 rings (SSSR count). The first-order chi connectivity index (χ1) is 7.12. The summed E-state index contributed by atoms with van der Waals surface area (Å²) in [6.45, 7) is 1.83. The van der Waals surface area contributed by atoms with Crippen molar-refractivity contribution in [3.05, 3.63) is 0 Å². The molecule has 1 atom stereocenters. The normalized spacial score (nSPS) is 23.8. The fourth-order valence-corrected chi connectivity index (χ4v) is 2.63. The lowest BCUT2D eigenvalue weighted by Gasteiger charge is -2.37. The predicted molar refractivity (Wildman–Crippen MR) is 59.6 cm³/mol. The van der Waals surface area contributed by atoms with Crippen LogP contribution in [0.4, 0.5) is 0 Å². The third-order valence-electron chi connectivity index (χ3n) is 3.59. The maximum atomic E-state index is 10.5. The average Bonchev–Trinajstić information content (AvgIpc) is 2.47. The van der Waals surface area contributed by atoms with Gasteiger partial charge in [-0.05, 0) is 25.7 Å². The van der Waals surface area contributed by atoms with Crippen LogP contribution in [0.3, 0.4) is 0 Å². The van der Waals surface area contributed by atoms with Gasteiger partial charge in [-0.15, -0.1) is 0 Å². The lowest BCUT2D eigenvalue weighted by atomic mass is 9.83. The molecule has 3 heteroatoms. The zero-order chi connectivity index (χ0) is 11.3. The van der Waals surface area contributed by atoms with Crippen LogP contribution in [0.5, 0.6) is 0 Å². The van der Waals surface area contributed by atoms with Crippen molar-refractivity contribution in [2.24, 2.45) is 5.92 Å². The first-order valence-electron chi connectivity index (χ1n) is 5.91. The molecule has 0 radical (unpaired) electrons. The Morgan fingerprint density at radius 3 is 1.93 bits per heavy atom. The van der Waals surface area contributed by atoms with E-state index in [-0.39, 0.29) is 0 Å². The summed E-state index contributed by atoms with van der Waals surface area (Å²) < 4.78 is 10.4. The maximum absolute atomic E-state index is 10.5. The molecule has 1 aliphatic carbocycles. The summed E-state index contributed by atoms with van der Waals surface area (Å²) in [5.74, 6) is 0.296. The second kappa shape index (κ2) is 5.83. The van der Waals surface area contributed by atoms with Gasteiger partial charge in [-0.25, -0.2) is 0 Å². The van der Waals surface area contributed by atoms with Crippen LogP contribution in [0.15, 0.2) is 0 Å². The number of aliphatic hydroxyl groups is 1. The largest absolute Gasteiger partial charge is 0.385 e. The van der Waals surface area contributed by atoms with Gasteiger partial charge in [0.05, 0.1) is 0 Å². The fraction of sp³-hybridized carbons (Fsp3) is 1.00. The minimum absolute atomic E-state index is 0.296. The molecule has 0 bridgehead atoms. The van der Waals surface area contributed by atoms with Crippen LogP contribution in [0.2, 0.25) is 0 Å². The van der Waals surface area contributed by atoms with Crippen LogP contribution in [-0.4, -0.2) is 31.2 Å². The van der Waals surface area contributed by atoms with E-state index in [4.69, 9.17) is 9.47 Å². The highest BCUT2D eigenvalue weighted by atomic mass is 16.7. The molecule has 90 valence electrons. The third-order valence-corrected chi connectivity index (χ3v) is 3.59. The van der Waals surface area contributed by atoms with Gasteiger partial charge in [0.25, 0.3) is 0 Å². The van der Waals surface area contributed by atoms with E-state index in [2.05, 4.69) is 0 Å². The Morgan fingerprint density at radius 1 is 1.07 bits per heavy atom. The van der Waals surface area contributed by atoms with Crippen LogP contribution >= 0.6 is 0 Å². The quantitative estimate of drug-likeness (QED) is 0.579. The molecule has 0 aromatic carbocycles. The molecule has 0 aliphatic heterocycles. The topological polar surface area (TPSA) is 38.7 Å². The summed E-state index contributed by atoms with van der Waals surface area (Å²) in [7, 11) is 3.17. The lowest BCUT2D eigenvalue weighted by molar-refractivity contribution is -0.228. The van der Waals surface area contributed by atoms with Gasteiger partial charge in [-0.1, -0.05) is 25.7 Å². The van der Waals surface area contributed by atoms with Gasteiger partial charge in [-0.2, -0.15) is 0 Å². The van der Waals surface area contributed by atoms with Crippen molar-refractivity contribution in [3.8, 4) is 0 Å². The van der Waals surface area contributed by atoms with Crippen LogP contribution < -0.4 is 0 Å². The van der Waals surface area contributed by atoms with Crippen LogP contribution in [0.1, 0.15) is 45.4 Å². The van der Waals surface area contributed by atoms with Crippen molar-refractivity contribution in [2.45, 2.75) is 57.3 Å². The van der Waals surface area contributed by atoms with Crippen molar-refractivity contribution < 1.29 is 14.6 Å². The monoisotopic (exact) mass is 216 g/mol. The lowest BCUT2D eigenvalue weighted by Crippen LogP contribution is -2.48. The number of rotatable bonds is 4. The Labute approximate surface area is 92.8 Å².